The van der Waals surface area contributed by atoms with Gasteiger partial charge in [-0.3, -0.25) is 0 Å². The molecule has 2 aliphatic heterocycles. The van der Waals surface area contributed by atoms with Gasteiger partial charge in [-0.05, 0) is 32.2 Å². The fraction of sp³-hybridized carbons (Fsp3) is 0.800. The highest BCUT2D eigenvalue weighted by molar-refractivity contribution is 5.85. The van der Waals surface area contributed by atoms with Gasteiger partial charge < -0.3 is 14.6 Å². The van der Waals surface area contributed by atoms with Gasteiger partial charge in [0.25, 0.3) is 0 Å². The molecule has 2 atom stereocenters. The van der Waals surface area contributed by atoms with Crippen LogP contribution in [0.3, 0.4) is 0 Å². The number of halogens is 1. The van der Waals surface area contributed by atoms with Crippen molar-refractivity contribution in [3.63, 3.8) is 0 Å². The van der Waals surface area contributed by atoms with Crippen LogP contribution in [0, 0.1) is 0 Å². The normalized spacial score (nSPS) is 29.2. The Morgan fingerprint density at radius 2 is 2.19 bits per heavy atom. The van der Waals surface area contributed by atoms with Gasteiger partial charge in [0.1, 0.15) is 6.10 Å². The zero-order valence-electron chi connectivity index (χ0n) is 9.02. The topological polar surface area (TPSA) is 60.2 Å². The molecule has 1 aromatic heterocycles. The Morgan fingerprint density at radius 3 is 2.88 bits per heavy atom. The summed E-state index contributed by atoms with van der Waals surface area (Å²) in [4.78, 5) is 4.41. The second kappa shape index (κ2) is 5.12. The fourth-order valence-electron chi connectivity index (χ4n) is 2.20. The van der Waals surface area contributed by atoms with Crippen LogP contribution in [0.25, 0.3) is 0 Å². The summed E-state index contributed by atoms with van der Waals surface area (Å²) in [5.41, 5.74) is 0. The molecule has 0 aromatic carbocycles. The Bertz CT molecular complexity index is 302. The van der Waals surface area contributed by atoms with Crippen LogP contribution < -0.4 is 5.32 Å². The van der Waals surface area contributed by atoms with E-state index in [4.69, 9.17) is 9.26 Å². The van der Waals surface area contributed by atoms with E-state index in [0.29, 0.717) is 0 Å². The summed E-state index contributed by atoms with van der Waals surface area (Å²) < 4.78 is 10.8. The highest BCUT2D eigenvalue weighted by Gasteiger charge is 2.27. The van der Waals surface area contributed by atoms with Gasteiger partial charge in [-0.25, -0.2) is 0 Å². The molecular weight excluding hydrogens is 230 g/mol. The van der Waals surface area contributed by atoms with E-state index in [1.54, 1.807) is 0 Å². The number of aromatic nitrogens is 2. The Kier molecular flexibility index (Phi) is 3.78. The molecule has 3 rings (SSSR count). The lowest BCUT2D eigenvalue weighted by atomic mass is 10.2. The minimum atomic E-state index is 0. The SMILES string of the molecule is C1CNC(c2nc(C3CCCO3)no2)C1.Cl. The third kappa shape index (κ3) is 2.21. The first-order valence-corrected chi connectivity index (χ1v) is 5.62. The molecule has 0 amide bonds. The number of hydrogen-bond acceptors (Lipinski definition) is 5. The van der Waals surface area contributed by atoms with E-state index < -0.39 is 0 Å². The average Bonchev–Trinajstić information content (AvgIpc) is 3.02. The molecule has 0 bridgehead atoms. The van der Waals surface area contributed by atoms with Crippen LogP contribution in [0.15, 0.2) is 4.52 Å². The second-order valence-corrected chi connectivity index (χ2v) is 4.14. The van der Waals surface area contributed by atoms with Crippen molar-refractivity contribution in [2.24, 2.45) is 0 Å². The zero-order chi connectivity index (χ0) is 10.1. The molecule has 2 unspecified atom stereocenters. The molecule has 90 valence electrons. The van der Waals surface area contributed by atoms with Gasteiger partial charge in [0.05, 0.1) is 6.04 Å². The molecular formula is C10H16ClN3O2. The van der Waals surface area contributed by atoms with Crippen molar-refractivity contribution in [1.82, 2.24) is 15.5 Å². The molecule has 16 heavy (non-hydrogen) atoms. The second-order valence-electron chi connectivity index (χ2n) is 4.14. The first kappa shape index (κ1) is 11.8. The predicted octanol–water partition coefficient (Wildman–Crippen LogP) is 1.77. The molecule has 1 aromatic rings. The number of hydrogen-bond donors (Lipinski definition) is 1. The maximum atomic E-state index is 5.51. The molecule has 2 aliphatic rings. The molecule has 0 radical (unpaired) electrons. The van der Waals surface area contributed by atoms with Crippen molar-refractivity contribution >= 4 is 12.4 Å². The van der Waals surface area contributed by atoms with Crippen molar-refractivity contribution in [3.05, 3.63) is 11.7 Å². The molecule has 6 heteroatoms. The quantitative estimate of drug-likeness (QED) is 0.861. The van der Waals surface area contributed by atoms with Gasteiger partial charge >= 0.3 is 0 Å². The van der Waals surface area contributed by atoms with Gasteiger partial charge in [-0.2, -0.15) is 4.98 Å². The molecule has 5 nitrogen and oxygen atoms in total. The Balaban J connectivity index is 0.000000963. The van der Waals surface area contributed by atoms with E-state index in [-0.39, 0.29) is 24.6 Å². The molecule has 0 spiro atoms. The third-order valence-electron chi connectivity index (χ3n) is 3.03. The monoisotopic (exact) mass is 245 g/mol. The van der Waals surface area contributed by atoms with Crippen LogP contribution in [-0.2, 0) is 4.74 Å². The third-order valence-corrected chi connectivity index (χ3v) is 3.03. The van der Waals surface area contributed by atoms with E-state index in [1.807, 2.05) is 0 Å². The number of rotatable bonds is 2. The van der Waals surface area contributed by atoms with Crippen LogP contribution in [0.4, 0.5) is 0 Å². The zero-order valence-corrected chi connectivity index (χ0v) is 9.83. The average molecular weight is 246 g/mol. The van der Waals surface area contributed by atoms with Crippen LogP contribution in [0.1, 0.15) is 49.5 Å². The maximum absolute atomic E-state index is 5.51. The van der Waals surface area contributed by atoms with E-state index in [2.05, 4.69) is 15.5 Å². The molecule has 3 heterocycles. The van der Waals surface area contributed by atoms with Crippen molar-refractivity contribution in [2.45, 2.75) is 37.8 Å². The van der Waals surface area contributed by atoms with E-state index in [9.17, 15) is 0 Å². The van der Waals surface area contributed by atoms with Gasteiger partial charge in [0.15, 0.2) is 0 Å². The first-order chi connectivity index (χ1) is 7.43. The molecule has 2 saturated heterocycles. The van der Waals surface area contributed by atoms with Crippen LogP contribution in [-0.4, -0.2) is 23.3 Å². The standard InChI is InChI=1S/C10H15N3O2.ClH/c1-3-7(11-5-1)10-12-9(13-15-10)8-4-2-6-14-8;/h7-8,11H,1-6H2;1H. The summed E-state index contributed by atoms with van der Waals surface area (Å²) in [7, 11) is 0. The molecule has 0 aliphatic carbocycles. The highest BCUT2D eigenvalue weighted by atomic mass is 35.5. The summed E-state index contributed by atoms with van der Waals surface area (Å²) >= 11 is 0. The van der Waals surface area contributed by atoms with Crippen LogP contribution >= 0.6 is 12.4 Å². The smallest absolute Gasteiger partial charge is 0.243 e. The van der Waals surface area contributed by atoms with E-state index in [0.717, 1.165) is 44.1 Å². The van der Waals surface area contributed by atoms with Crippen molar-refractivity contribution in [2.75, 3.05) is 13.2 Å². The van der Waals surface area contributed by atoms with Crippen molar-refractivity contribution in [3.8, 4) is 0 Å². The van der Waals surface area contributed by atoms with Crippen molar-refractivity contribution in [1.29, 1.82) is 0 Å². The molecule has 0 saturated carbocycles. The highest BCUT2D eigenvalue weighted by Crippen LogP contribution is 2.28. The first-order valence-electron chi connectivity index (χ1n) is 5.62. The summed E-state index contributed by atoms with van der Waals surface area (Å²) in [5.74, 6) is 1.44. The minimum absolute atomic E-state index is 0. The summed E-state index contributed by atoms with van der Waals surface area (Å²) in [6.07, 6.45) is 4.44. The Labute approximate surface area is 100 Å². The Hall–Kier alpha value is -0.650. The van der Waals surface area contributed by atoms with Crippen molar-refractivity contribution < 1.29 is 9.26 Å². The van der Waals surface area contributed by atoms with Gasteiger partial charge in [-0.1, -0.05) is 5.16 Å². The van der Waals surface area contributed by atoms with Gasteiger partial charge in [0.2, 0.25) is 11.7 Å². The summed E-state index contributed by atoms with van der Waals surface area (Å²) in [6.45, 7) is 1.86. The number of ether oxygens (including phenoxy) is 1. The maximum Gasteiger partial charge on any atom is 0.243 e. The molecule has 2 fully saturated rings. The van der Waals surface area contributed by atoms with Gasteiger partial charge in [0, 0.05) is 6.61 Å². The molecule has 1 N–H and O–H groups in total. The van der Waals surface area contributed by atoms with Crippen LogP contribution in [0.2, 0.25) is 0 Å². The fourth-order valence-corrected chi connectivity index (χ4v) is 2.20. The largest absolute Gasteiger partial charge is 0.370 e. The van der Waals surface area contributed by atoms with E-state index >= 15 is 0 Å². The van der Waals surface area contributed by atoms with Gasteiger partial charge in [-0.15, -0.1) is 12.4 Å². The predicted molar refractivity (Wildman–Crippen MR) is 59.5 cm³/mol. The summed E-state index contributed by atoms with van der Waals surface area (Å²) in [6, 6.07) is 0.257. The summed E-state index contributed by atoms with van der Waals surface area (Å²) in [5, 5.41) is 7.33. The number of nitrogens with one attached hydrogen (secondary N) is 1. The van der Waals surface area contributed by atoms with E-state index in [1.165, 1.54) is 6.42 Å². The van der Waals surface area contributed by atoms with Crippen LogP contribution in [0.5, 0.6) is 0 Å². The lowest BCUT2D eigenvalue weighted by Gasteiger charge is -2.03. The minimum Gasteiger partial charge on any atom is -0.370 e. The number of nitrogens with zero attached hydrogens (tertiary/aromatic N) is 2. The lowest BCUT2D eigenvalue weighted by Crippen LogP contribution is -2.13. The lowest BCUT2D eigenvalue weighted by molar-refractivity contribution is 0.103. The Morgan fingerprint density at radius 1 is 1.25 bits per heavy atom.